The molecule has 4 heteroatoms. The molecule has 0 aliphatic rings. The molecule has 0 amide bonds. The zero-order chi connectivity index (χ0) is 13.7. The molecule has 0 spiro atoms. The number of thiol groups is 1. The number of aryl methyl sites for hydroxylation is 1. The number of nitrogens with zero attached hydrogens (tertiary/aromatic N) is 2. The molecule has 0 saturated carbocycles. The van der Waals surface area contributed by atoms with E-state index in [2.05, 4.69) is 24.0 Å². The van der Waals surface area contributed by atoms with E-state index >= 15 is 0 Å². The van der Waals surface area contributed by atoms with Crippen molar-refractivity contribution in [2.45, 2.75) is 6.92 Å². The van der Waals surface area contributed by atoms with E-state index in [0.717, 1.165) is 11.4 Å². The summed E-state index contributed by atoms with van der Waals surface area (Å²) in [6.07, 6.45) is 1.84. The Labute approximate surface area is 118 Å². The second-order valence-electron chi connectivity index (χ2n) is 4.01. The highest BCUT2D eigenvalue weighted by molar-refractivity contribution is 7.84. The summed E-state index contributed by atoms with van der Waals surface area (Å²) in [5.74, 6) is 0. The molecule has 0 aliphatic carbocycles. The normalized spacial score (nSPS) is 11.4. The van der Waals surface area contributed by atoms with Crippen molar-refractivity contribution in [3.63, 3.8) is 0 Å². The molecule has 1 heterocycles. The lowest BCUT2D eigenvalue weighted by molar-refractivity contribution is -0.585. The summed E-state index contributed by atoms with van der Waals surface area (Å²) < 4.78 is 1.80. The topological polar surface area (TPSA) is 39.7 Å². The van der Waals surface area contributed by atoms with Gasteiger partial charge in [-0.15, -0.1) is 12.6 Å². The van der Waals surface area contributed by atoms with Crippen LogP contribution in [0, 0.1) is 18.3 Å². The number of rotatable bonds is 3. The number of hydrogen-bond donors (Lipinski definition) is 2. The van der Waals surface area contributed by atoms with Crippen LogP contribution >= 0.6 is 12.6 Å². The molecule has 1 aromatic heterocycles. The maximum absolute atomic E-state index is 9.33. The van der Waals surface area contributed by atoms with Crippen LogP contribution < -0.4 is 9.88 Å². The average molecular weight is 268 g/mol. The van der Waals surface area contributed by atoms with Crippen LogP contribution in [0.5, 0.6) is 0 Å². The SMILES string of the molecule is Cc1cccc[n+]1C(C#N)=C(S)Nc1ccccc1. The molecule has 0 atom stereocenters. The highest BCUT2D eigenvalue weighted by Gasteiger charge is 2.17. The molecule has 1 aromatic carbocycles. The Morgan fingerprint density at radius 1 is 1.16 bits per heavy atom. The first kappa shape index (κ1) is 13.2. The molecule has 0 saturated heterocycles. The minimum atomic E-state index is 0.463. The van der Waals surface area contributed by atoms with E-state index in [1.54, 1.807) is 4.57 Å². The Morgan fingerprint density at radius 2 is 1.84 bits per heavy atom. The van der Waals surface area contributed by atoms with E-state index in [1.807, 2.05) is 61.7 Å². The lowest BCUT2D eigenvalue weighted by Crippen LogP contribution is -2.35. The van der Waals surface area contributed by atoms with Crippen molar-refractivity contribution in [3.05, 3.63) is 65.5 Å². The van der Waals surface area contributed by atoms with Crippen LogP contribution in [0.1, 0.15) is 5.69 Å². The minimum absolute atomic E-state index is 0.463. The summed E-state index contributed by atoms with van der Waals surface area (Å²) in [6.45, 7) is 1.95. The van der Waals surface area contributed by atoms with Gasteiger partial charge in [-0.25, -0.2) is 0 Å². The molecule has 1 N–H and O–H groups in total. The molecule has 0 radical (unpaired) electrons. The number of nitrogens with one attached hydrogen (secondary N) is 1. The van der Waals surface area contributed by atoms with Crippen LogP contribution in [-0.2, 0) is 0 Å². The van der Waals surface area contributed by atoms with Gasteiger partial charge in [-0.2, -0.15) is 9.83 Å². The van der Waals surface area contributed by atoms with Crippen molar-refractivity contribution in [2.24, 2.45) is 0 Å². The van der Waals surface area contributed by atoms with Gasteiger partial charge in [-0.1, -0.05) is 24.3 Å². The number of nitriles is 1. The fraction of sp³-hybridized carbons (Fsp3) is 0.0667. The van der Waals surface area contributed by atoms with Gasteiger partial charge in [0.05, 0.1) is 0 Å². The molecule has 0 bridgehead atoms. The zero-order valence-corrected chi connectivity index (χ0v) is 11.4. The summed E-state index contributed by atoms with van der Waals surface area (Å²) in [7, 11) is 0. The third-order valence-electron chi connectivity index (χ3n) is 2.67. The quantitative estimate of drug-likeness (QED) is 0.510. The Kier molecular flexibility index (Phi) is 4.22. The van der Waals surface area contributed by atoms with E-state index in [-0.39, 0.29) is 0 Å². The number of aromatic nitrogens is 1. The van der Waals surface area contributed by atoms with Crippen LogP contribution in [0.25, 0.3) is 5.70 Å². The third-order valence-corrected chi connectivity index (χ3v) is 2.99. The van der Waals surface area contributed by atoms with Gasteiger partial charge in [0.1, 0.15) is 0 Å². The molecule has 19 heavy (non-hydrogen) atoms. The molecule has 0 aliphatic heterocycles. The van der Waals surface area contributed by atoms with E-state index in [1.165, 1.54) is 0 Å². The van der Waals surface area contributed by atoms with Crippen molar-refractivity contribution in [2.75, 3.05) is 5.32 Å². The molecule has 2 aromatic rings. The smallest absolute Gasteiger partial charge is 0.319 e. The van der Waals surface area contributed by atoms with E-state index < -0.39 is 0 Å². The van der Waals surface area contributed by atoms with Crippen molar-refractivity contribution in [1.82, 2.24) is 0 Å². The first-order valence-electron chi connectivity index (χ1n) is 5.85. The Bertz CT molecular complexity index is 642. The zero-order valence-electron chi connectivity index (χ0n) is 10.5. The van der Waals surface area contributed by atoms with Gasteiger partial charge in [0.15, 0.2) is 23.0 Å². The number of para-hydroxylation sites is 1. The van der Waals surface area contributed by atoms with Crippen LogP contribution in [-0.4, -0.2) is 0 Å². The Hall–Kier alpha value is -2.25. The van der Waals surface area contributed by atoms with Gasteiger partial charge in [-0.05, 0) is 12.1 Å². The first-order valence-corrected chi connectivity index (χ1v) is 6.30. The molecular formula is C15H14N3S+. The summed E-state index contributed by atoms with van der Waals surface area (Å²) >= 11 is 4.40. The monoisotopic (exact) mass is 268 g/mol. The van der Waals surface area contributed by atoms with Crippen LogP contribution in [0.15, 0.2) is 59.8 Å². The predicted octanol–water partition coefficient (Wildman–Crippen LogP) is 2.97. The van der Waals surface area contributed by atoms with Gasteiger partial charge in [-0.3, -0.25) is 0 Å². The van der Waals surface area contributed by atoms with E-state index in [4.69, 9.17) is 0 Å². The van der Waals surface area contributed by atoms with Gasteiger partial charge in [0.25, 0.3) is 0 Å². The highest BCUT2D eigenvalue weighted by Crippen LogP contribution is 2.14. The largest absolute Gasteiger partial charge is 0.344 e. The number of hydrogen-bond acceptors (Lipinski definition) is 3. The van der Waals surface area contributed by atoms with Crippen LogP contribution in [0.4, 0.5) is 5.69 Å². The summed E-state index contributed by atoms with van der Waals surface area (Å²) in [5, 5.41) is 13.0. The van der Waals surface area contributed by atoms with Crippen LogP contribution in [0.3, 0.4) is 0 Å². The number of anilines is 1. The van der Waals surface area contributed by atoms with Gasteiger partial charge >= 0.3 is 5.70 Å². The highest BCUT2D eigenvalue weighted by atomic mass is 32.1. The Morgan fingerprint density at radius 3 is 2.47 bits per heavy atom. The molecule has 3 nitrogen and oxygen atoms in total. The Balaban J connectivity index is 2.38. The standard InChI is InChI=1S/C15H13N3S/c1-12-7-5-6-10-18(12)14(11-16)15(19)17-13-8-3-2-4-9-13/h2-10,17H,1H3/p+1. The molecule has 2 rings (SSSR count). The summed E-state index contributed by atoms with van der Waals surface area (Å²) in [4.78, 5) is 0. The third kappa shape index (κ3) is 3.15. The van der Waals surface area contributed by atoms with Gasteiger partial charge in [0, 0.05) is 24.7 Å². The molecule has 0 fully saturated rings. The number of pyridine rings is 1. The van der Waals surface area contributed by atoms with E-state index in [0.29, 0.717) is 10.7 Å². The first-order chi connectivity index (χ1) is 9.22. The van der Waals surface area contributed by atoms with Crippen molar-refractivity contribution in [1.29, 1.82) is 5.26 Å². The van der Waals surface area contributed by atoms with Crippen molar-refractivity contribution in [3.8, 4) is 6.07 Å². The summed E-state index contributed by atoms with van der Waals surface area (Å²) in [6, 6.07) is 17.6. The molecule has 0 unspecified atom stereocenters. The lowest BCUT2D eigenvalue weighted by Gasteiger charge is -2.05. The predicted molar refractivity (Wildman–Crippen MR) is 79.3 cm³/mol. The second-order valence-corrected chi connectivity index (χ2v) is 4.46. The lowest BCUT2D eigenvalue weighted by atomic mass is 10.3. The van der Waals surface area contributed by atoms with Crippen LogP contribution in [0.2, 0.25) is 0 Å². The van der Waals surface area contributed by atoms with Gasteiger partial charge in [0.2, 0.25) is 0 Å². The van der Waals surface area contributed by atoms with Crippen molar-refractivity contribution < 1.29 is 4.57 Å². The van der Waals surface area contributed by atoms with Gasteiger partial charge < -0.3 is 5.32 Å². The second kappa shape index (κ2) is 6.07. The maximum atomic E-state index is 9.33. The molecular weight excluding hydrogens is 254 g/mol. The minimum Gasteiger partial charge on any atom is -0.344 e. The van der Waals surface area contributed by atoms with Crippen molar-refractivity contribution >= 4 is 24.0 Å². The maximum Gasteiger partial charge on any atom is 0.319 e. The fourth-order valence-corrected chi connectivity index (χ4v) is 2.00. The fourth-order valence-electron chi connectivity index (χ4n) is 1.72. The number of benzene rings is 1. The summed E-state index contributed by atoms with van der Waals surface area (Å²) in [5.41, 5.74) is 2.33. The average Bonchev–Trinajstić information content (AvgIpc) is 2.43. The number of allylic oxidation sites excluding steroid dienone is 1. The van der Waals surface area contributed by atoms with E-state index in [9.17, 15) is 5.26 Å². The molecule has 94 valence electrons.